The molecule has 6 nitrogen and oxygen atoms in total. The number of carbonyl (C=O) groups is 1. The van der Waals surface area contributed by atoms with Gasteiger partial charge in [0, 0.05) is 53.1 Å². The molecule has 110 valence electrons. The van der Waals surface area contributed by atoms with Crippen LogP contribution in [0.3, 0.4) is 0 Å². The average molecular weight is 278 g/mol. The monoisotopic (exact) mass is 278 g/mol. The van der Waals surface area contributed by atoms with Crippen LogP contribution in [0.1, 0.15) is 12.1 Å². The molecule has 0 unspecified atom stereocenters. The van der Waals surface area contributed by atoms with Crippen LogP contribution in [0.5, 0.6) is 0 Å². The van der Waals surface area contributed by atoms with E-state index >= 15 is 0 Å². The number of aromatic nitrogens is 2. The fourth-order valence-electron chi connectivity index (χ4n) is 3.36. The summed E-state index contributed by atoms with van der Waals surface area (Å²) in [6.07, 6.45) is 2.88. The predicted octanol–water partition coefficient (Wildman–Crippen LogP) is 0.0976. The highest BCUT2D eigenvalue weighted by Gasteiger charge is 2.48. The number of aryl methyl sites for hydroxylation is 1. The molecule has 1 aromatic heterocycles. The number of likely N-dealkylation sites (tertiary alicyclic amines) is 1. The van der Waals surface area contributed by atoms with E-state index in [0.717, 1.165) is 26.1 Å². The van der Waals surface area contributed by atoms with Crippen molar-refractivity contribution >= 4 is 5.91 Å². The lowest BCUT2D eigenvalue weighted by Crippen LogP contribution is -2.37. The van der Waals surface area contributed by atoms with Crippen LogP contribution in [0.15, 0.2) is 12.3 Å². The lowest BCUT2D eigenvalue weighted by Gasteiger charge is -2.21. The standard InChI is InChI=1S/C14H22N4O2/c1-16(2)14(19)11-9-18(12-5-7-20-13(11)12)8-10-4-6-15-17(10)3/h4,6,11-13H,5,7-9H2,1-3H3/t11-,12+,13+/m0/s1. The second-order valence-corrected chi connectivity index (χ2v) is 5.91. The third-order valence-corrected chi connectivity index (χ3v) is 4.45. The van der Waals surface area contributed by atoms with E-state index in [-0.39, 0.29) is 17.9 Å². The molecule has 2 saturated heterocycles. The zero-order valence-corrected chi connectivity index (χ0v) is 12.3. The molecule has 3 rings (SSSR count). The largest absolute Gasteiger partial charge is 0.376 e. The third kappa shape index (κ3) is 2.23. The van der Waals surface area contributed by atoms with Gasteiger partial charge in [0.2, 0.25) is 5.91 Å². The Hall–Kier alpha value is -1.40. The SMILES string of the molecule is CN(C)C(=O)[C@H]1CN(Cc2ccnn2C)[C@@H]2CCO[C@H]12. The number of hydrogen-bond acceptors (Lipinski definition) is 4. The molecule has 0 saturated carbocycles. The zero-order chi connectivity index (χ0) is 14.3. The van der Waals surface area contributed by atoms with Gasteiger partial charge in [-0.3, -0.25) is 14.4 Å². The van der Waals surface area contributed by atoms with Gasteiger partial charge in [0.25, 0.3) is 0 Å². The van der Waals surface area contributed by atoms with Crippen molar-refractivity contribution in [3.8, 4) is 0 Å². The lowest BCUT2D eigenvalue weighted by molar-refractivity contribution is -0.135. The maximum absolute atomic E-state index is 12.3. The summed E-state index contributed by atoms with van der Waals surface area (Å²) in [7, 11) is 5.59. The Balaban J connectivity index is 1.76. The van der Waals surface area contributed by atoms with Crippen molar-refractivity contribution in [2.75, 3.05) is 27.2 Å². The Bertz CT molecular complexity index is 499. The van der Waals surface area contributed by atoms with E-state index in [0.29, 0.717) is 6.04 Å². The summed E-state index contributed by atoms with van der Waals surface area (Å²) in [5.74, 6) is 0.139. The molecular formula is C14H22N4O2. The Morgan fingerprint density at radius 2 is 2.35 bits per heavy atom. The first-order chi connectivity index (χ1) is 9.58. The highest BCUT2D eigenvalue weighted by atomic mass is 16.5. The van der Waals surface area contributed by atoms with Crippen molar-refractivity contribution in [2.24, 2.45) is 13.0 Å². The van der Waals surface area contributed by atoms with E-state index in [1.54, 1.807) is 4.90 Å². The van der Waals surface area contributed by atoms with Gasteiger partial charge < -0.3 is 9.64 Å². The van der Waals surface area contributed by atoms with Gasteiger partial charge in [0.05, 0.1) is 17.7 Å². The fraction of sp³-hybridized carbons (Fsp3) is 0.714. The van der Waals surface area contributed by atoms with Crippen LogP contribution in [-0.2, 0) is 23.1 Å². The average Bonchev–Trinajstić information content (AvgIpc) is 3.08. The molecule has 2 aliphatic rings. The molecule has 1 amide bonds. The maximum atomic E-state index is 12.3. The van der Waals surface area contributed by atoms with Gasteiger partial charge in [0.1, 0.15) is 0 Å². The smallest absolute Gasteiger partial charge is 0.229 e. The summed E-state index contributed by atoms with van der Waals surface area (Å²) in [5, 5.41) is 4.21. The number of hydrogen-bond donors (Lipinski definition) is 0. The van der Waals surface area contributed by atoms with Gasteiger partial charge >= 0.3 is 0 Å². The van der Waals surface area contributed by atoms with Crippen molar-refractivity contribution < 1.29 is 9.53 Å². The quantitative estimate of drug-likeness (QED) is 0.787. The molecule has 2 fully saturated rings. The molecule has 0 spiro atoms. The molecule has 2 aliphatic heterocycles. The molecule has 0 aromatic carbocycles. The molecule has 0 radical (unpaired) electrons. The van der Waals surface area contributed by atoms with Crippen molar-refractivity contribution in [1.82, 2.24) is 19.6 Å². The molecule has 0 aliphatic carbocycles. The summed E-state index contributed by atoms with van der Waals surface area (Å²) < 4.78 is 7.72. The first-order valence-electron chi connectivity index (χ1n) is 7.11. The van der Waals surface area contributed by atoms with Gasteiger partial charge in [-0.1, -0.05) is 0 Å². The Morgan fingerprint density at radius 3 is 3.00 bits per heavy atom. The van der Waals surface area contributed by atoms with Crippen LogP contribution < -0.4 is 0 Å². The summed E-state index contributed by atoms with van der Waals surface area (Å²) in [6, 6.07) is 2.39. The molecule has 1 aromatic rings. The van der Waals surface area contributed by atoms with Gasteiger partial charge in [-0.25, -0.2) is 0 Å². The lowest BCUT2D eigenvalue weighted by atomic mass is 10.0. The zero-order valence-electron chi connectivity index (χ0n) is 12.3. The topological polar surface area (TPSA) is 50.6 Å². The molecule has 0 N–H and O–H groups in total. The minimum absolute atomic E-state index is 0.0364. The van der Waals surface area contributed by atoms with Crippen molar-refractivity contribution in [1.29, 1.82) is 0 Å². The van der Waals surface area contributed by atoms with Gasteiger partial charge in [-0.2, -0.15) is 5.10 Å². The van der Waals surface area contributed by atoms with Gasteiger partial charge in [0.15, 0.2) is 0 Å². The van der Waals surface area contributed by atoms with E-state index in [1.807, 2.05) is 38.1 Å². The molecule has 3 atom stereocenters. The van der Waals surface area contributed by atoms with Crippen LogP contribution in [0.4, 0.5) is 0 Å². The normalized spacial score (nSPS) is 29.6. The maximum Gasteiger partial charge on any atom is 0.229 e. The summed E-state index contributed by atoms with van der Waals surface area (Å²) >= 11 is 0. The van der Waals surface area contributed by atoms with E-state index in [9.17, 15) is 4.79 Å². The van der Waals surface area contributed by atoms with E-state index in [4.69, 9.17) is 4.74 Å². The first-order valence-corrected chi connectivity index (χ1v) is 7.11. The Labute approximate surface area is 119 Å². The van der Waals surface area contributed by atoms with Crippen LogP contribution in [0, 0.1) is 5.92 Å². The first kappa shape index (κ1) is 13.6. The van der Waals surface area contributed by atoms with Crippen molar-refractivity contribution in [3.63, 3.8) is 0 Å². The summed E-state index contributed by atoms with van der Waals surface area (Å²) in [4.78, 5) is 16.4. The van der Waals surface area contributed by atoms with E-state index in [2.05, 4.69) is 10.00 Å². The summed E-state index contributed by atoms with van der Waals surface area (Å²) in [6.45, 7) is 2.37. The van der Waals surface area contributed by atoms with Crippen LogP contribution in [-0.4, -0.2) is 64.9 Å². The highest BCUT2D eigenvalue weighted by Crippen LogP contribution is 2.35. The minimum Gasteiger partial charge on any atom is -0.376 e. The molecule has 20 heavy (non-hydrogen) atoms. The summed E-state index contributed by atoms with van der Waals surface area (Å²) in [5.41, 5.74) is 1.17. The van der Waals surface area contributed by atoms with Gasteiger partial charge in [-0.15, -0.1) is 0 Å². The van der Waals surface area contributed by atoms with Crippen LogP contribution in [0.2, 0.25) is 0 Å². The Kier molecular flexibility index (Phi) is 3.52. The van der Waals surface area contributed by atoms with E-state index in [1.165, 1.54) is 5.69 Å². The second kappa shape index (κ2) is 5.18. The molecule has 3 heterocycles. The Morgan fingerprint density at radius 1 is 1.55 bits per heavy atom. The number of ether oxygens (including phenoxy) is 1. The van der Waals surface area contributed by atoms with Crippen molar-refractivity contribution in [3.05, 3.63) is 18.0 Å². The third-order valence-electron chi connectivity index (χ3n) is 4.45. The number of nitrogens with zero attached hydrogens (tertiary/aromatic N) is 4. The van der Waals surface area contributed by atoms with Crippen LogP contribution in [0.25, 0.3) is 0 Å². The van der Waals surface area contributed by atoms with Gasteiger partial charge in [-0.05, 0) is 12.5 Å². The van der Waals surface area contributed by atoms with Crippen molar-refractivity contribution in [2.45, 2.75) is 25.1 Å². The number of fused-ring (bicyclic) bond motifs is 1. The number of carbonyl (C=O) groups excluding carboxylic acids is 1. The molecular weight excluding hydrogens is 256 g/mol. The number of rotatable bonds is 3. The van der Waals surface area contributed by atoms with E-state index < -0.39 is 0 Å². The molecule has 6 heteroatoms. The van der Waals surface area contributed by atoms with Crippen LogP contribution >= 0.6 is 0 Å². The number of amides is 1. The highest BCUT2D eigenvalue weighted by molar-refractivity contribution is 5.79. The predicted molar refractivity (Wildman–Crippen MR) is 73.9 cm³/mol. The minimum atomic E-state index is -0.0364. The molecule has 0 bridgehead atoms. The fourth-order valence-corrected chi connectivity index (χ4v) is 3.36. The second-order valence-electron chi connectivity index (χ2n) is 5.91.